The Balaban J connectivity index is 1.68. The molecule has 2 aromatic rings. The van der Waals surface area contributed by atoms with Gasteiger partial charge in [-0.15, -0.1) is 0 Å². The molecule has 1 aliphatic rings. The maximum atomic E-state index is 13.4. The van der Waals surface area contributed by atoms with Crippen LogP contribution < -0.4 is 15.4 Å². The van der Waals surface area contributed by atoms with Crippen LogP contribution in [0.4, 0.5) is 15.8 Å². The molecular weight excluding hydrogens is 311 g/mol. The molecule has 0 aromatic heterocycles. The molecule has 2 N–H and O–H groups in total. The van der Waals surface area contributed by atoms with Gasteiger partial charge in [0.25, 0.3) is 5.91 Å². The lowest BCUT2D eigenvalue weighted by Gasteiger charge is -2.10. The molecule has 0 atom stereocenters. The normalized spacial score (nSPS) is 13.2. The maximum absolute atomic E-state index is 13.4. The van der Waals surface area contributed by atoms with Crippen LogP contribution in [-0.4, -0.2) is 18.9 Å². The number of methoxy groups -OCH3 is 1. The minimum Gasteiger partial charge on any atom is -0.496 e. The summed E-state index contributed by atoms with van der Waals surface area (Å²) in [6.45, 7) is 0. The molecule has 2 aromatic carbocycles. The van der Waals surface area contributed by atoms with E-state index in [1.807, 2.05) is 0 Å². The van der Waals surface area contributed by atoms with Crippen LogP contribution in [-0.2, 0) is 4.79 Å². The molecule has 0 spiro atoms. The predicted octanol–water partition coefficient (Wildman–Crippen LogP) is 3.44. The zero-order chi connectivity index (χ0) is 17.1. The summed E-state index contributed by atoms with van der Waals surface area (Å²) in [5.41, 5.74) is 1.33. The zero-order valence-electron chi connectivity index (χ0n) is 13.1. The molecule has 0 aliphatic heterocycles. The second-order valence-electron chi connectivity index (χ2n) is 5.64. The SMILES string of the molecule is COc1ccc(F)cc1C(=O)Nc1ccc(NC(=O)C2CC2)cc1. The number of anilines is 2. The first-order valence-electron chi connectivity index (χ1n) is 7.62. The number of rotatable bonds is 5. The summed E-state index contributed by atoms with van der Waals surface area (Å²) in [5, 5.41) is 5.50. The Kier molecular flexibility index (Phi) is 4.46. The van der Waals surface area contributed by atoms with Crippen molar-refractivity contribution in [2.75, 3.05) is 17.7 Å². The quantitative estimate of drug-likeness (QED) is 0.883. The van der Waals surface area contributed by atoms with Gasteiger partial charge in [-0.2, -0.15) is 0 Å². The average molecular weight is 328 g/mol. The van der Waals surface area contributed by atoms with Crippen LogP contribution in [0, 0.1) is 11.7 Å². The summed E-state index contributed by atoms with van der Waals surface area (Å²) in [4.78, 5) is 24.0. The molecule has 6 heteroatoms. The highest BCUT2D eigenvalue weighted by atomic mass is 19.1. The van der Waals surface area contributed by atoms with E-state index in [-0.39, 0.29) is 17.4 Å². The highest BCUT2D eigenvalue weighted by Gasteiger charge is 2.29. The molecule has 1 aliphatic carbocycles. The fourth-order valence-corrected chi connectivity index (χ4v) is 2.28. The van der Waals surface area contributed by atoms with Crippen LogP contribution in [0.15, 0.2) is 42.5 Å². The summed E-state index contributed by atoms with van der Waals surface area (Å²) in [5.74, 6) is -0.538. The number of ether oxygens (including phenoxy) is 1. The molecule has 0 unspecified atom stereocenters. The predicted molar refractivity (Wildman–Crippen MR) is 88.7 cm³/mol. The van der Waals surface area contributed by atoms with E-state index in [0.29, 0.717) is 17.1 Å². The van der Waals surface area contributed by atoms with Crippen LogP contribution in [0.3, 0.4) is 0 Å². The largest absolute Gasteiger partial charge is 0.496 e. The highest BCUT2D eigenvalue weighted by molar-refractivity contribution is 6.06. The number of amides is 2. The molecule has 0 radical (unpaired) electrons. The Bertz CT molecular complexity index is 770. The van der Waals surface area contributed by atoms with Crippen molar-refractivity contribution >= 4 is 23.2 Å². The number of carbonyl (C=O) groups is 2. The molecule has 5 nitrogen and oxygen atoms in total. The molecule has 0 saturated heterocycles. The van der Waals surface area contributed by atoms with E-state index in [4.69, 9.17) is 4.74 Å². The zero-order valence-corrected chi connectivity index (χ0v) is 13.1. The van der Waals surface area contributed by atoms with E-state index in [1.165, 1.54) is 19.2 Å². The number of hydrogen-bond donors (Lipinski definition) is 2. The molecule has 3 rings (SSSR count). The standard InChI is InChI=1S/C18H17FN2O3/c1-24-16-9-4-12(19)10-15(16)18(23)21-14-7-5-13(6-8-14)20-17(22)11-2-3-11/h4-11H,2-3H2,1H3,(H,20,22)(H,21,23). The lowest BCUT2D eigenvalue weighted by molar-refractivity contribution is -0.117. The minimum absolute atomic E-state index is 0.0243. The lowest BCUT2D eigenvalue weighted by Crippen LogP contribution is -2.14. The number of benzene rings is 2. The third-order valence-electron chi connectivity index (χ3n) is 3.76. The monoisotopic (exact) mass is 328 g/mol. The first kappa shape index (κ1) is 16.0. The summed E-state index contributed by atoms with van der Waals surface area (Å²) in [7, 11) is 1.42. The second-order valence-corrected chi connectivity index (χ2v) is 5.64. The summed E-state index contributed by atoms with van der Waals surface area (Å²) in [6.07, 6.45) is 1.88. The average Bonchev–Trinajstić information content (AvgIpc) is 3.41. The molecule has 0 heterocycles. The Morgan fingerprint density at radius 3 is 2.25 bits per heavy atom. The Hall–Kier alpha value is -2.89. The molecule has 2 amide bonds. The highest BCUT2D eigenvalue weighted by Crippen LogP contribution is 2.30. The van der Waals surface area contributed by atoms with Crippen molar-refractivity contribution in [3.63, 3.8) is 0 Å². The van der Waals surface area contributed by atoms with Gasteiger partial charge in [0.15, 0.2) is 0 Å². The maximum Gasteiger partial charge on any atom is 0.259 e. The van der Waals surface area contributed by atoms with E-state index < -0.39 is 11.7 Å². The number of nitrogens with one attached hydrogen (secondary N) is 2. The molecule has 1 saturated carbocycles. The third kappa shape index (κ3) is 3.71. The van der Waals surface area contributed by atoms with E-state index in [0.717, 1.165) is 18.9 Å². The minimum atomic E-state index is -0.515. The van der Waals surface area contributed by atoms with Crippen LogP contribution >= 0.6 is 0 Å². The second kappa shape index (κ2) is 6.70. The number of carbonyl (C=O) groups excluding carboxylic acids is 2. The van der Waals surface area contributed by atoms with Gasteiger partial charge in [0.1, 0.15) is 11.6 Å². The molecule has 1 fully saturated rings. The van der Waals surface area contributed by atoms with Crippen LogP contribution in [0.1, 0.15) is 23.2 Å². The van der Waals surface area contributed by atoms with Crippen molar-refractivity contribution in [1.82, 2.24) is 0 Å². The van der Waals surface area contributed by atoms with Crippen molar-refractivity contribution in [2.24, 2.45) is 5.92 Å². The van der Waals surface area contributed by atoms with E-state index in [1.54, 1.807) is 24.3 Å². The van der Waals surface area contributed by atoms with Crippen molar-refractivity contribution in [3.8, 4) is 5.75 Å². The van der Waals surface area contributed by atoms with Crippen molar-refractivity contribution in [1.29, 1.82) is 0 Å². The topological polar surface area (TPSA) is 67.4 Å². The Morgan fingerprint density at radius 2 is 1.67 bits per heavy atom. The fraction of sp³-hybridized carbons (Fsp3) is 0.222. The van der Waals surface area contributed by atoms with Crippen LogP contribution in [0.25, 0.3) is 0 Å². The van der Waals surface area contributed by atoms with Gasteiger partial charge < -0.3 is 15.4 Å². The first-order chi connectivity index (χ1) is 11.6. The first-order valence-corrected chi connectivity index (χ1v) is 7.62. The molecule has 0 bridgehead atoms. The lowest BCUT2D eigenvalue weighted by atomic mass is 10.1. The smallest absolute Gasteiger partial charge is 0.259 e. The number of hydrogen-bond acceptors (Lipinski definition) is 3. The van der Waals surface area contributed by atoms with E-state index in [9.17, 15) is 14.0 Å². The van der Waals surface area contributed by atoms with Gasteiger partial charge >= 0.3 is 0 Å². The van der Waals surface area contributed by atoms with Crippen molar-refractivity contribution in [2.45, 2.75) is 12.8 Å². The Morgan fingerprint density at radius 1 is 1.04 bits per heavy atom. The fourth-order valence-electron chi connectivity index (χ4n) is 2.28. The summed E-state index contributed by atoms with van der Waals surface area (Å²) in [6, 6.07) is 10.5. The Labute approximate surface area is 138 Å². The molecule has 124 valence electrons. The van der Waals surface area contributed by atoms with Crippen molar-refractivity contribution in [3.05, 3.63) is 53.8 Å². The van der Waals surface area contributed by atoms with Crippen LogP contribution in [0.5, 0.6) is 5.75 Å². The third-order valence-corrected chi connectivity index (χ3v) is 3.76. The van der Waals surface area contributed by atoms with Gasteiger partial charge in [-0.25, -0.2) is 4.39 Å². The van der Waals surface area contributed by atoms with E-state index >= 15 is 0 Å². The molecule has 24 heavy (non-hydrogen) atoms. The van der Waals surface area contributed by atoms with Gasteiger partial charge in [0.05, 0.1) is 12.7 Å². The number of halogens is 1. The van der Waals surface area contributed by atoms with Gasteiger partial charge in [-0.1, -0.05) is 0 Å². The summed E-state index contributed by atoms with van der Waals surface area (Å²) < 4.78 is 18.4. The van der Waals surface area contributed by atoms with Gasteiger partial charge in [-0.3, -0.25) is 9.59 Å². The molecular formula is C18H17FN2O3. The van der Waals surface area contributed by atoms with Crippen LogP contribution in [0.2, 0.25) is 0 Å². The summed E-state index contributed by atoms with van der Waals surface area (Å²) >= 11 is 0. The van der Waals surface area contributed by atoms with Gasteiger partial charge in [0, 0.05) is 17.3 Å². The van der Waals surface area contributed by atoms with Gasteiger partial charge in [0.2, 0.25) is 5.91 Å². The van der Waals surface area contributed by atoms with Crippen molar-refractivity contribution < 1.29 is 18.7 Å². The van der Waals surface area contributed by atoms with E-state index in [2.05, 4.69) is 10.6 Å². The van der Waals surface area contributed by atoms with Gasteiger partial charge in [-0.05, 0) is 55.3 Å².